The van der Waals surface area contributed by atoms with E-state index in [4.69, 9.17) is 15.3 Å². The Balaban J connectivity index is 0. The third-order valence-electron chi connectivity index (χ3n) is 7.27. The van der Waals surface area contributed by atoms with Gasteiger partial charge >= 0.3 is 11.9 Å². The number of carboxylic acid groups (broad SMARTS) is 2. The van der Waals surface area contributed by atoms with Gasteiger partial charge in [0.05, 0.1) is 0 Å². The van der Waals surface area contributed by atoms with Crippen LogP contribution >= 0.6 is 0 Å². The molecule has 1 unspecified atom stereocenters. The van der Waals surface area contributed by atoms with Crippen LogP contribution in [0.25, 0.3) is 0 Å². The van der Waals surface area contributed by atoms with E-state index >= 15 is 0 Å². The molecule has 0 fully saturated rings. The highest BCUT2D eigenvalue weighted by molar-refractivity contribution is 5.71. The fourth-order valence-electron chi connectivity index (χ4n) is 4.65. The molecule has 0 bridgehead atoms. The molecule has 5 heteroatoms. The Morgan fingerprint density at radius 3 is 1.23 bits per heavy atom. The van der Waals surface area contributed by atoms with Gasteiger partial charge < -0.3 is 15.3 Å². The Morgan fingerprint density at radius 2 is 0.846 bits per heavy atom. The summed E-state index contributed by atoms with van der Waals surface area (Å²) < 4.78 is 0. The van der Waals surface area contributed by atoms with Crippen LogP contribution in [0, 0.1) is 0 Å². The third kappa shape index (κ3) is 38.9. The second kappa shape index (κ2) is 34.7. The highest BCUT2D eigenvalue weighted by Gasteiger charge is 2.11. The number of unbranched alkanes of at least 4 members (excludes halogenated alkanes) is 22. The molecule has 0 aromatic rings. The predicted octanol–water partition coefficient (Wildman–Crippen LogP) is 10.6. The maximum atomic E-state index is 10.4. The van der Waals surface area contributed by atoms with Crippen molar-refractivity contribution in [1.82, 2.24) is 0 Å². The largest absolute Gasteiger partial charge is 0.481 e. The minimum atomic E-state index is -1.16. The Bertz CT molecular complexity index is 532. The van der Waals surface area contributed by atoms with Gasteiger partial charge in [0.15, 0.2) is 6.10 Å². The summed E-state index contributed by atoms with van der Waals surface area (Å²) in [4.78, 5) is 20.7. The lowest BCUT2D eigenvalue weighted by molar-refractivity contribution is -0.147. The number of rotatable bonds is 29. The SMILES string of the molecule is CCCCCCC=CCCCCCCCC(=O)O.CCCCCCCCCCCCCCCCC(O)C(=O)O. The van der Waals surface area contributed by atoms with Gasteiger partial charge in [-0.1, -0.05) is 154 Å². The summed E-state index contributed by atoms with van der Waals surface area (Å²) in [6.45, 7) is 4.50. The van der Waals surface area contributed by atoms with Crippen LogP contribution < -0.4 is 0 Å². The minimum absolute atomic E-state index is 0.331. The number of carboxylic acids is 2. The quantitative estimate of drug-likeness (QED) is 0.0631. The molecule has 0 spiro atoms. The molecule has 0 heterocycles. The molecule has 0 aliphatic heterocycles. The van der Waals surface area contributed by atoms with Gasteiger partial charge in [0.1, 0.15) is 0 Å². The molecular weight excluding hydrogens is 488 g/mol. The van der Waals surface area contributed by atoms with Crippen LogP contribution in [0.1, 0.15) is 187 Å². The monoisotopic (exact) mass is 554 g/mol. The molecule has 232 valence electrons. The zero-order chi connectivity index (χ0) is 29.2. The molecule has 0 radical (unpaired) electrons. The zero-order valence-corrected chi connectivity index (χ0v) is 26.0. The van der Waals surface area contributed by atoms with Gasteiger partial charge in [-0.25, -0.2) is 4.79 Å². The predicted molar refractivity (Wildman–Crippen MR) is 166 cm³/mol. The topological polar surface area (TPSA) is 94.8 Å². The zero-order valence-electron chi connectivity index (χ0n) is 26.0. The first-order valence-electron chi connectivity index (χ1n) is 16.7. The molecule has 0 aliphatic carbocycles. The van der Waals surface area contributed by atoms with Crippen molar-refractivity contribution in [2.24, 2.45) is 0 Å². The Kier molecular flexibility index (Phi) is 35.4. The van der Waals surface area contributed by atoms with Crippen molar-refractivity contribution in [2.75, 3.05) is 0 Å². The molecule has 5 nitrogen and oxygen atoms in total. The molecular formula is C34H66O5. The van der Waals surface area contributed by atoms with Gasteiger partial charge in [-0.05, 0) is 38.5 Å². The number of hydrogen-bond acceptors (Lipinski definition) is 3. The second-order valence-electron chi connectivity index (χ2n) is 11.3. The van der Waals surface area contributed by atoms with Crippen LogP contribution in [0.2, 0.25) is 0 Å². The van der Waals surface area contributed by atoms with Crippen molar-refractivity contribution < 1.29 is 24.9 Å². The molecule has 0 aromatic carbocycles. The summed E-state index contributed by atoms with van der Waals surface area (Å²) >= 11 is 0. The fourth-order valence-corrected chi connectivity index (χ4v) is 4.65. The van der Waals surface area contributed by atoms with Crippen LogP contribution in [0.15, 0.2) is 12.2 Å². The maximum Gasteiger partial charge on any atom is 0.332 e. The maximum absolute atomic E-state index is 10.4. The lowest BCUT2D eigenvalue weighted by Crippen LogP contribution is -2.18. The van der Waals surface area contributed by atoms with Gasteiger partial charge in [0.25, 0.3) is 0 Å². The van der Waals surface area contributed by atoms with E-state index in [0.717, 1.165) is 25.7 Å². The van der Waals surface area contributed by atoms with Crippen molar-refractivity contribution in [3.05, 3.63) is 12.2 Å². The molecule has 0 aliphatic rings. The van der Waals surface area contributed by atoms with E-state index in [1.54, 1.807) is 0 Å². The summed E-state index contributed by atoms with van der Waals surface area (Å²) in [6.07, 6.45) is 35.6. The molecule has 1 atom stereocenters. The standard InChI is InChI=1S/C18H36O3.C16H30O2/c1-2-3-4-5-6-7-8-9-10-11-12-13-14-15-16-17(19)18(20)21;1-2-3-4-5-6-7-8-9-10-11-12-13-14-15-16(17)18/h17,19H,2-16H2,1H3,(H,20,21);7-8H,2-6,9-15H2,1H3,(H,17,18). The van der Waals surface area contributed by atoms with Crippen LogP contribution in [0.4, 0.5) is 0 Å². The van der Waals surface area contributed by atoms with E-state index in [1.807, 2.05) is 0 Å². The highest BCUT2D eigenvalue weighted by atomic mass is 16.4. The number of aliphatic hydroxyl groups excluding tert-OH is 1. The highest BCUT2D eigenvalue weighted by Crippen LogP contribution is 2.14. The molecule has 0 rings (SSSR count). The normalized spacial score (nSPS) is 11.9. The van der Waals surface area contributed by atoms with E-state index in [-0.39, 0.29) is 0 Å². The fraction of sp³-hybridized carbons (Fsp3) is 0.882. The van der Waals surface area contributed by atoms with Crippen LogP contribution in [-0.4, -0.2) is 33.4 Å². The van der Waals surface area contributed by atoms with Gasteiger partial charge in [-0.2, -0.15) is 0 Å². The van der Waals surface area contributed by atoms with Gasteiger partial charge in [0.2, 0.25) is 0 Å². The lowest BCUT2D eigenvalue weighted by Gasteiger charge is -2.05. The minimum Gasteiger partial charge on any atom is -0.481 e. The van der Waals surface area contributed by atoms with Crippen molar-refractivity contribution in [1.29, 1.82) is 0 Å². The lowest BCUT2D eigenvalue weighted by atomic mass is 10.0. The van der Waals surface area contributed by atoms with E-state index < -0.39 is 18.0 Å². The molecule has 0 saturated carbocycles. The molecule has 39 heavy (non-hydrogen) atoms. The number of hydrogen-bond donors (Lipinski definition) is 3. The van der Waals surface area contributed by atoms with E-state index in [0.29, 0.717) is 12.8 Å². The first kappa shape index (κ1) is 39.8. The number of aliphatic carboxylic acids is 2. The van der Waals surface area contributed by atoms with Crippen molar-refractivity contribution in [3.8, 4) is 0 Å². The first-order chi connectivity index (χ1) is 19.0. The Labute approximate surface area is 242 Å². The van der Waals surface area contributed by atoms with E-state index in [2.05, 4.69) is 26.0 Å². The second-order valence-corrected chi connectivity index (χ2v) is 11.3. The molecule has 0 aromatic heterocycles. The van der Waals surface area contributed by atoms with E-state index in [1.165, 1.54) is 135 Å². The van der Waals surface area contributed by atoms with Gasteiger partial charge in [-0.15, -0.1) is 0 Å². The summed E-state index contributed by atoms with van der Waals surface area (Å²) in [5.74, 6) is -1.76. The first-order valence-corrected chi connectivity index (χ1v) is 16.7. The summed E-state index contributed by atoms with van der Waals surface area (Å²) in [6, 6.07) is 0. The van der Waals surface area contributed by atoms with Gasteiger partial charge in [-0.3, -0.25) is 4.79 Å². The summed E-state index contributed by atoms with van der Waals surface area (Å²) in [5, 5.41) is 26.1. The number of aliphatic hydroxyl groups is 1. The van der Waals surface area contributed by atoms with Crippen molar-refractivity contribution in [2.45, 2.75) is 193 Å². The number of allylic oxidation sites excluding steroid dienone is 2. The average molecular weight is 555 g/mol. The summed E-state index contributed by atoms with van der Waals surface area (Å²) in [7, 11) is 0. The average Bonchev–Trinajstić information content (AvgIpc) is 2.91. The molecule has 3 N–H and O–H groups in total. The molecule has 0 saturated heterocycles. The number of carbonyl (C=O) groups is 2. The Morgan fingerprint density at radius 1 is 0.513 bits per heavy atom. The third-order valence-corrected chi connectivity index (χ3v) is 7.27. The van der Waals surface area contributed by atoms with Gasteiger partial charge in [0, 0.05) is 6.42 Å². The van der Waals surface area contributed by atoms with Crippen LogP contribution in [0.5, 0.6) is 0 Å². The van der Waals surface area contributed by atoms with Crippen LogP contribution in [0.3, 0.4) is 0 Å². The smallest absolute Gasteiger partial charge is 0.332 e. The molecule has 0 amide bonds. The van der Waals surface area contributed by atoms with E-state index in [9.17, 15) is 9.59 Å². The van der Waals surface area contributed by atoms with Crippen LogP contribution in [-0.2, 0) is 9.59 Å². The van der Waals surface area contributed by atoms with Crippen molar-refractivity contribution in [3.63, 3.8) is 0 Å². The van der Waals surface area contributed by atoms with Crippen molar-refractivity contribution >= 4 is 11.9 Å². The Hall–Kier alpha value is -1.36. The summed E-state index contributed by atoms with van der Waals surface area (Å²) in [5.41, 5.74) is 0.